The van der Waals surface area contributed by atoms with Crippen LogP contribution < -0.4 is 5.32 Å². The molecule has 21 heavy (non-hydrogen) atoms. The van der Waals surface area contributed by atoms with Crippen LogP contribution in [0.15, 0.2) is 15.5 Å². The van der Waals surface area contributed by atoms with Gasteiger partial charge in [0.25, 0.3) is 0 Å². The minimum atomic E-state index is -0.934. The lowest BCUT2D eigenvalue weighted by Gasteiger charge is -2.20. The summed E-state index contributed by atoms with van der Waals surface area (Å²) in [5, 5.41) is 11.8. The van der Waals surface area contributed by atoms with Gasteiger partial charge in [-0.05, 0) is 34.1 Å². The molecule has 0 fully saturated rings. The van der Waals surface area contributed by atoms with E-state index in [4.69, 9.17) is 9.84 Å². The number of amides is 1. The molecular weight excluding hydrogens is 292 g/mol. The maximum Gasteiger partial charge on any atom is 0.412 e. The van der Waals surface area contributed by atoms with Crippen molar-refractivity contribution in [2.24, 2.45) is 4.40 Å². The van der Waals surface area contributed by atoms with Crippen molar-refractivity contribution in [3.63, 3.8) is 0 Å². The number of nitrogens with one attached hydrogen (secondary N) is 1. The summed E-state index contributed by atoms with van der Waals surface area (Å²) in [5.74, 6) is -0.934. The molecular formula is C14H24N2O4S. The number of carboxylic acid groups (broad SMARTS) is 1. The van der Waals surface area contributed by atoms with E-state index >= 15 is 0 Å². The standard InChI is InChI=1S/C14H24N2O4S/c1-6-7-8-11(15-13(19)20-14(3,4)5)21-16-10(2)9-12(17)18/h8H,6-7,9H2,1-5H3,(H,15,19)(H,17,18)/b11-8+,16-10?. The Kier molecular flexibility index (Phi) is 8.76. The Balaban J connectivity index is 4.67. The van der Waals surface area contributed by atoms with Gasteiger partial charge in [0.2, 0.25) is 0 Å². The quantitative estimate of drug-likeness (QED) is 0.552. The Labute approximate surface area is 130 Å². The van der Waals surface area contributed by atoms with Crippen LogP contribution in [0.3, 0.4) is 0 Å². The van der Waals surface area contributed by atoms with Crippen LogP contribution in [0.2, 0.25) is 0 Å². The van der Waals surface area contributed by atoms with Crippen LogP contribution in [0.25, 0.3) is 0 Å². The number of aliphatic carboxylic acids is 1. The molecule has 7 heteroatoms. The van der Waals surface area contributed by atoms with E-state index in [0.29, 0.717) is 10.7 Å². The molecule has 0 spiro atoms. The highest BCUT2D eigenvalue weighted by Gasteiger charge is 2.17. The number of nitrogens with zero attached hydrogens (tertiary/aromatic N) is 1. The van der Waals surface area contributed by atoms with Crippen LogP contribution >= 0.6 is 11.9 Å². The zero-order valence-corrected chi connectivity index (χ0v) is 14.0. The second kappa shape index (κ2) is 9.44. The molecule has 0 unspecified atom stereocenters. The van der Waals surface area contributed by atoms with Crippen molar-refractivity contribution in [2.75, 3.05) is 0 Å². The maximum absolute atomic E-state index is 11.7. The molecule has 0 bridgehead atoms. The molecule has 0 rings (SSSR count). The molecule has 0 aromatic carbocycles. The highest BCUT2D eigenvalue weighted by Crippen LogP contribution is 2.17. The molecule has 0 aliphatic rings. The highest BCUT2D eigenvalue weighted by atomic mass is 32.2. The number of alkyl carbamates (subject to hydrolysis) is 1. The average molecular weight is 316 g/mol. The van der Waals surface area contributed by atoms with Crippen LogP contribution in [-0.4, -0.2) is 28.5 Å². The summed E-state index contributed by atoms with van der Waals surface area (Å²) in [5.41, 5.74) is -0.103. The molecule has 0 saturated heterocycles. The van der Waals surface area contributed by atoms with Crippen molar-refractivity contribution in [1.29, 1.82) is 0 Å². The molecule has 1 amide bonds. The Morgan fingerprint density at radius 2 is 2.00 bits per heavy atom. The second-order valence-electron chi connectivity index (χ2n) is 5.47. The number of ether oxygens (including phenoxy) is 1. The van der Waals surface area contributed by atoms with Crippen molar-refractivity contribution in [1.82, 2.24) is 5.32 Å². The maximum atomic E-state index is 11.7. The fourth-order valence-corrected chi connectivity index (χ4v) is 1.81. The Morgan fingerprint density at radius 1 is 1.38 bits per heavy atom. The van der Waals surface area contributed by atoms with Crippen LogP contribution in [-0.2, 0) is 9.53 Å². The first kappa shape index (κ1) is 19.5. The zero-order chi connectivity index (χ0) is 16.5. The van der Waals surface area contributed by atoms with Crippen molar-refractivity contribution in [2.45, 2.75) is 59.5 Å². The molecule has 0 aromatic rings. The summed E-state index contributed by atoms with van der Waals surface area (Å²) in [6.45, 7) is 9.00. The van der Waals surface area contributed by atoms with Gasteiger partial charge in [0.15, 0.2) is 0 Å². The van der Waals surface area contributed by atoms with Gasteiger partial charge in [0.05, 0.1) is 11.4 Å². The summed E-state index contributed by atoms with van der Waals surface area (Å²) >= 11 is 1.04. The number of carbonyl (C=O) groups is 2. The molecule has 0 aliphatic carbocycles. The molecule has 0 saturated carbocycles. The summed E-state index contributed by atoms with van der Waals surface area (Å²) in [4.78, 5) is 22.3. The lowest BCUT2D eigenvalue weighted by molar-refractivity contribution is -0.135. The normalized spacial score (nSPS) is 13.0. The predicted octanol–water partition coefficient (Wildman–Crippen LogP) is 3.74. The number of allylic oxidation sites excluding steroid dienone is 1. The van der Waals surface area contributed by atoms with Gasteiger partial charge in [-0.2, -0.15) is 0 Å². The van der Waals surface area contributed by atoms with E-state index in [1.54, 1.807) is 27.7 Å². The zero-order valence-electron chi connectivity index (χ0n) is 13.2. The largest absolute Gasteiger partial charge is 0.481 e. The lowest BCUT2D eigenvalue weighted by Crippen LogP contribution is -2.31. The van der Waals surface area contributed by atoms with Gasteiger partial charge in [-0.15, -0.1) is 0 Å². The highest BCUT2D eigenvalue weighted by molar-refractivity contribution is 8.01. The van der Waals surface area contributed by atoms with Crippen LogP contribution in [0.4, 0.5) is 4.79 Å². The number of hydrogen-bond donors (Lipinski definition) is 2. The monoisotopic (exact) mass is 316 g/mol. The Morgan fingerprint density at radius 3 is 2.48 bits per heavy atom. The minimum Gasteiger partial charge on any atom is -0.481 e. The fourth-order valence-electron chi connectivity index (χ4n) is 1.17. The molecule has 2 N–H and O–H groups in total. The Bertz CT molecular complexity index is 425. The van der Waals surface area contributed by atoms with E-state index in [9.17, 15) is 9.59 Å². The number of carboxylic acids is 1. The first-order chi connectivity index (χ1) is 9.64. The summed E-state index contributed by atoms with van der Waals surface area (Å²) in [7, 11) is 0. The van der Waals surface area contributed by atoms with Crippen LogP contribution in [0, 0.1) is 0 Å². The van der Waals surface area contributed by atoms with Gasteiger partial charge in [-0.25, -0.2) is 9.19 Å². The number of hydrogen-bond acceptors (Lipinski definition) is 5. The number of rotatable bonds is 7. The molecule has 120 valence electrons. The number of unbranched alkanes of at least 4 members (excludes halogenated alkanes) is 1. The molecule has 0 heterocycles. The molecule has 0 aromatic heterocycles. The van der Waals surface area contributed by atoms with E-state index < -0.39 is 17.7 Å². The van der Waals surface area contributed by atoms with Crippen LogP contribution in [0.5, 0.6) is 0 Å². The van der Waals surface area contributed by atoms with Gasteiger partial charge in [0.1, 0.15) is 5.60 Å². The molecule has 6 nitrogen and oxygen atoms in total. The van der Waals surface area contributed by atoms with Crippen molar-refractivity contribution in [3.05, 3.63) is 11.1 Å². The minimum absolute atomic E-state index is 0.125. The van der Waals surface area contributed by atoms with E-state index in [-0.39, 0.29) is 6.42 Å². The topological polar surface area (TPSA) is 88.0 Å². The first-order valence-corrected chi connectivity index (χ1v) is 7.53. The van der Waals surface area contributed by atoms with Gasteiger partial charge in [-0.3, -0.25) is 10.1 Å². The number of carbonyl (C=O) groups excluding carboxylic acids is 1. The van der Waals surface area contributed by atoms with Gasteiger partial charge in [-0.1, -0.05) is 19.4 Å². The summed E-state index contributed by atoms with van der Waals surface area (Å²) in [6.07, 6.45) is 2.87. The third-order valence-corrected chi connectivity index (χ3v) is 2.82. The third-order valence-electron chi connectivity index (χ3n) is 1.95. The lowest BCUT2D eigenvalue weighted by atomic mass is 10.2. The first-order valence-electron chi connectivity index (χ1n) is 6.76. The van der Waals surface area contributed by atoms with E-state index in [1.807, 2.05) is 13.0 Å². The van der Waals surface area contributed by atoms with Gasteiger partial charge in [0, 0.05) is 17.7 Å². The molecule has 0 aliphatic heterocycles. The second-order valence-corrected chi connectivity index (χ2v) is 6.28. The smallest absolute Gasteiger partial charge is 0.412 e. The molecule has 0 atom stereocenters. The van der Waals surface area contributed by atoms with E-state index in [0.717, 1.165) is 24.8 Å². The van der Waals surface area contributed by atoms with Crippen molar-refractivity contribution >= 4 is 29.7 Å². The predicted molar refractivity (Wildman–Crippen MR) is 85.3 cm³/mol. The summed E-state index contributed by atoms with van der Waals surface area (Å²) in [6, 6.07) is 0. The van der Waals surface area contributed by atoms with Crippen LogP contribution in [0.1, 0.15) is 53.9 Å². The van der Waals surface area contributed by atoms with E-state index in [1.165, 1.54) is 0 Å². The fraction of sp³-hybridized carbons (Fsp3) is 0.643. The van der Waals surface area contributed by atoms with E-state index in [2.05, 4.69) is 9.71 Å². The SMILES string of the molecule is CCC/C=C(\NC(=O)OC(C)(C)C)SN=C(C)CC(=O)O. The Hall–Kier alpha value is -1.50. The third kappa shape index (κ3) is 12.0. The molecule has 0 radical (unpaired) electrons. The van der Waals surface area contributed by atoms with Gasteiger partial charge < -0.3 is 9.84 Å². The van der Waals surface area contributed by atoms with Crippen molar-refractivity contribution in [3.8, 4) is 0 Å². The van der Waals surface area contributed by atoms with Gasteiger partial charge >= 0.3 is 12.1 Å². The summed E-state index contributed by atoms with van der Waals surface area (Å²) < 4.78 is 9.25. The van der Waals surface area contributed by atoms with Crippen molar-refractivity contribution < 1.29 is 19.4 Å². The average Bonchev–Trinajstić information content (AvgIpc) is 2.29.